The summed E-state index contributed by atoms with van der Waals surface area (Å²) in [4.78, 5) is 30.9. The van der Waals surface area contributed by atoms with E-state index in [2.05, 4.69) is 4.98 Å². The lowest BCUT2D eigenvalue weighted by molar-refractivity contribution is -0.120. The Morgan fingerprint density at radius 2 is 1.72 bits per heavy atom. The summed E-state index contributed by atoms with van der Waals surface area (Å²) >= 11 is 2.93. The molecule has 2 amide bonds. The molecule has 0 saturated heterocycles. The Morgan fingerprint density at radius 3 is 2.22 bits per heavy atom. The summed E-state index contributed by atoms with van der Waals surface area (Å²) < 4.78 is 0. The van der Waals surface area contributed by atoms with Crippen molar-refractivity contribution in [2.75, 3.05) is 16.4 Å². The van der Waals surface area contributed by atoms with Crippen molar-refractivity contribution in [3.05, 3.63) is 33.7 Å². The average molecular weight is 278 g/mol. The van der Waals surface area contributed by atoms with Gasteiger partial charge in [-0.3, -0.25) is 9.59 Å². The van der Waals surface area contributed by atoms with Crippen LogP contribution in [-0.4, -0.2) is 28.3 Å². The van der Waals surface area contributed by atoms with Crippen LogP contribution in [0.3, 0.4) is 0 Å². The van der Waals surface area contributed by atoms with E-state index in [1.165, 1.54) is 28.4 Å². The molecule has 4 nitrogen and oxygen atoms in total. The van der Waals surface area contributed by atoms with E-state index in [1.807, 2.05) is 13.0 Å². The number of aryl methyl sites for hydroxylation is 1. The molecule has 0 atom stereocenters. The van der Waals surface area contributed by atoms with Gasteiger partial charge < -0.3 is 0 Å². The van der Waals surface area contributed by atoms with Gasteiger partial charge in [0.25, 0.3) is 11.8 Å². The number of pyridine rings is 1. The van der Waals surface area contributed by atoms with Gasteiger partial charge in [0.2, 0.25) is 0 Å². The zero-order valence-electron chi connectivity index (χ0n) is 9.67. The monoisotopic (exact) mass is 278 g/mol. The van der Waals surface area contributed by atoms with Crippen molar-refractivity contribution >= 4 is 41.2 Å². The first-order valence-corrected chi connectivity index (χ1v) is 7.47. The van der Waals surface area contributed by atoms with Crippen LogP contribution in [0.25, 0.3) is 0 Å². The molecule has 3 heterocycles. The van der Waals surface area contributed by atoms with Crippen molar-refractivity contribution in [1.29, 1.82) is 0 Å². The highest BCUT2D eigenvalue weighted by molar-refractivity contribution is 8.11. The second-order valence-electron chi connectivity index (χ2n) is 3.99. The van der Waals surface area contributed by atoms with E-state index < -0.39 is 0 Å². The lowest BCUT2D eigenvalue weighted by Gasteiger charge is -2.13. The predicted octanol–water partition coefficient (Wildman–Crippen LogP) is 1.95. The van der Waals surface area contributed by atoms with Crippen LogP contribution in [0.15, 0.2) is 28.1 Å². The maximum absolute atomic E-state index is 12.2. The molecular formula is C12H10N2O2S2. The van der Waals surface area contributed by atoms with Crippen LogP contribution < -0.4 is 4.90 Å². The summed E-state index contributed by atoms with van der Waals surface area (Å²) in [7, 11) is 0. The molecule has 92 valence electrons. The zero-order valence-corrected chi connectivity index (χ0v) is 11.3. The standard InChI is InChI=1S/C12H10N2O2S2/c1-7-2-3-8(13-6-7)14-11(15)9-10(12(14)16)18-5-4-17-9/h2-3,6H,4-5H2,1H3. The number of hydrogen-bond acceptors (Lipinski definition) is 5. The summed E-state index contributed by atoms with van der Waals surface area (Å²) in [5.74, 6) is 1.69. The molecule has 0 fully saturated rings. The number of rotatable bonds is 1. The predicted molar refractivity (Wildman–Crippen MR) is 73.4 cm³/mol. The zero-order chi connectivity index (χ0) is 12.7. The number of aromatic nitrogens is 1. The highest BCUT2D eigenvalue weighted by Crippen LogP contribution is 2.41. The van der Waals surface area contributed by atoms with Crippen LogP contribution in [0, 0.1) is 6.92 Å². The molecule has 3 rings (SSSR count). The largest absolute Gasteiger partial charge is 0.274 e. The first-order chi connectivity index (χ1) is 8.68. The van der Waals surface area contributed by atoms with Crippen molar-refractivity contribution in [3.63, 3.8) is 0 Å². The molecule has 1 aromatic heterocycles. The summed E-state index contributed by atoms with van der Waals surface area (Å²) in [6, 6.07) is 3.55. The van der Waals surface area contributed by atoms with E-state index in [4.69, 9.17) is 0 Å². The van der Waals surface area contributed by atoms with E-state index in [-0.39, 0.29) is 11.8 Å². The fourth-order valence-electron chi connectivity index (χ4n) is 1.83. The van der Waals surface area contributed by atoms with Gasteiger partial charge in [-0.1, -0.05) is 6.07 Å². The van der Waals surface area contributed by atoms with Gasteiger partial charge in [0, 0.05) is 17.7 Å². The Bertz CT molecular complexity index is 538. The molecule has 18 heavy (non-hydrogen) atoms. The second-order valence-corrected chi connectivity index (χ2v) is 6.20. The number of carbonyl (C=O) groups is 2. The highest BCUT2D eigenvalue weighted by Gasteiger charge is 2.41. The van der Waals surface area contributed by atoms with E-state index in [0.717, 1.165) is 17.1 Å². The molecule has 1 aromatic rings. The van der Waals surface area contributed by atoms with E-state index in [0.29, 0.717) is 15.6 Å². The normalized spacial score (nSPS) is 19.5. The van der Waals surface area contributed by atoms with E-state index >= 15 is 0 Å². The van der Waals surface area contributed by atoms with Crippen LogP contribution in [0.2, 0.25) is 0 Å². The van der Waals surface area contributed by atoms with Crippen LogP contribution >= 0.6 is 23.5 Å². The third-order valence-corrected chi connectivity index (χ3v) is 5.24. The van der Waals surface area contributed by atoms with Crippen LogP contribution in [0.1, 0.15) is 5.56 Å². The number of thioether (sulfide) groups is 2. The van der Waals surface area contributed by atoms with Crippen molar-refractivity contribution in [3.8, 4) is 0 Å². The van der Waals surface area contributed by atoms with Gasteiger partial charge in [-0.25, -0.2) is 9.88 Å². The number of hydrogen-bond donors (Lipinski definition) is 0. The molecule has 0 bridgehead atoms. The van der Waals surface area contributed by atoms with Crippen molar-refractivity contribution in [1.82, 2.24) is 4.98 Å². The fraction of sp³-hybridized carbons (Fsp3) is 0.250. The summed E-state index contributed by atoms with van der Waals surface area (Å²) in [6.45, 7) is 1.92. The maximum Gasteiger partial charge on any atom is 0.274 e. The number of amides is 2. The van der Waals surface area contributed by atoms with Gasteiger partial charge in [0.1, 0.15) is 5.82 Å². The quantitative estimate of drug-likeness (QED) is 0.735. The number of imide groups is 1. The summed E-state index contributed by atoms with van der Waals surface area (Å²) in [5, 5.41) is 0. The highest BCUT2D eigenvalue weighted by atomic mass is 32.2. The number of carbonyl (C=O) groups excluding carboxylic acids is 2. The third kappa shape index (κ3) is 1.76. The maximum atomic E-state index is 12.2. The van der Waals surface area contributed by atoms with Crippen LogP contribution in [-0.2, 0) is 9.59 Å². The van der Waals surface area contributed by atoms with E-state index in [1.54, 1.807) is 12.3 Å². The molecule has 0 aliphatic carbocycles. The van der Waals surface area contributed by atoms with Gasteiger partial charge in [0.15, 0.2) is 0 Å². The molecule has 2 aliphatic heterocycles. The Kier molecular flexibility index (Phi) is 2.91. The number of nitrogens with zero attached hydrogens (tertiary/aromatic N) is 2. The molecule has 0 aromatic carbocycles. The van der Waals surface area contributed by atoms with Gasteiger partial charge in [-0.15, -0.1) is 23.5 Å². The molecule has 0 radical (unpaired) electrons. The fourth-order valence-corrected chi connectivity index (χ4v) is 4.13. The Morgan fingerprint density at radius 1 is 1.11 bits per heavy atom. The van der Waals surface area contributed by atoms with Gasteiger partial charge in [-0.05, 0) is 18.6 Å². The number of anilines is 1. The van der Waals surface area contributed by atoms with E-state index in [9.17, 15) is 9.59 Å². The third-order valence-electron chi connectivity index (χ3n) is 2.70. The second kappa shape index (κ2) is 4.44. The van der Waals surface area contributed by atoms with Gasteiger partial charge >= 0.3 is 0 Å². The topological polar surface area (TPSA) is 50.3 Å². The molecular weight excluding hydrogens is 268 g/mol. The smallest absolute Gasteiger partial charge is 0.267 e. The lowest BCUT2D eigenvalue weighted by Crippen LogP contribution is -2.31. The minimum atomic E-state index is -0.233. The molecule has 0 unspecified atom stereocenters. The Balaban J connectivity index is 1.99. The van der Waals surface area contributed by atoms with Gasteiger partial charge in [-0.2, -0.15) is 0 Å². The molecule has 0 N–H and O–H groups in total. The SMILES string of the molecule is Cc1ccc(N2C(=O)C3=C(SCCS3)C2=O)nc1. The molecule has 0 spiro atoms. The lowest BCUT2D eigenvalue weighted by atomic mass is 10.3. The minimum Gasteiger partial charge on any atom is -0.267 e. The van der Waals surface area contributed by atoms with Crippen molar-refractivity contribution in [2.24, 2.45) is 0 Å². The van der Waals surface area contributed by atoms with Gasteiger partial charge in [0.05, 0.1) is 9.81 Å². The molecule has 6 heteroatoms. The Hall–Kier alpha value is -1.27. The van der Waals surface area contributed by atoms with Crippen LogP contribution in [0.4, 0.5) is 5.82 Å². The first-order valence-electron chi connectivity index (χ1n) is 5.50. The van der Waals surface area contributed by atoms with Crippen molar-refractivity contribution in [2.45, 2.75) is 6.92 Å². The minimum absolute atomic E-state index is 0.233. The average Bonchev–Trinajstić information content (AvgIpc) is 2.64. The first kappa shape index (κ1) is 11.8. The van der Waals surface area contributed by atoms with Crippen LogP contribution in [0.5, 0.6) is 0 Å². The van der Waals surface area contributed by atoms with Crippen molar-refractivity contribution < 1.29 is 9.59 Å². The Labute approximate surface area is 113 Å². The molecule has 0 saturated carbocycles. The summed E-state index contributed by atoms with van der Waals surface area (Å²) in [6.07, 6.45) is 1.66. The summed E-state index contributed by atoms with van der Waals surface area (Å²) in [5.41, 5.74) is 0.999. The molecule has 2 aliphatic rings.